The van der Waals surface area contributed by atoms with Crippen molar-refractivity contribution in [3.63, 3.8) is 0 Å². The van der Waals surface area contributed by atoms with Crippen LogP contribution in [0, 0.1) is 11.8 Å². The maximum absolute atomic E-state index is 10.3. The molecule has 3 atom stereocenters. The van der Waals surface area contributed by atoms with E-state index < -0.39 is 6.10 Å². The monoisotopic (exact) mass is 339 g/mol. The van der Waals surface area contributed by atoms with Crippen LogP contribution in [-0.4, -0.2) is 42.4 Å². The lowest BCUT2D eigenvalue weighted by molar-refractivity contribution is 0.0429. The Labute approximate surface area is 151 Å². The number of ether oxygens (including phenoxy) is 1. The Bertz CT molecular complexity index is 631. The van der Waals surface area contributed by atoms with Crippen LogP contribution < -0.4 is 4.74 Å². The molecule has 0 aromatic heterocycles. The van der Waals surface area contributed by atoms with Gasteiger partial charge in [-0.25, -0.2) is 0 Å². The van der Waals surface area contributed by atoms with Gasteiger partial charge in [0.25, 0.3) is 0 Å². The fourth-order valence-corrected chi connectivity index (χ4v) is 3.86. The molecule has 0 unspecified atom stereocenters. The molecule has 0 saturated carbocycles. The molecule has 3 rings (SSSR count). The number of hydrogen-bond acceptors (Lipinski definition) is 3. The summed E-state index contributed by atoms with van der Waals surface area (Å²) in [6, 6.07) is 18.4. The molecular formula is C22H29NO2. The summed E-state index contributed by atoms with van der Waals surface area (Å²) in [7, 11) is 0. The first kappa shape index (κ1) is 18.0. The molecule has 0 spiro atoms. The molecule has 3 nitrogen and oxygen atoms in total. The number of rotatable bonds is 6. The Morgan fingerprint density at radius 2 is 1.56 bits per heavy atom. The lowest BCUT2D eigenvalue weighted by Gasteiger charge is -2.35. The summed E-state index contributed by atoms with van der Waals surface area (Å²) in [5.41, 5.74) is 2.37. The van der Waals surface area contributed by atoms with E-state index >= 15 is 0 Å². The van der Waals surface area contributed by atoms with Gasteiger partial charge in [-0.2, -0.15) is 0 Å². The minimum atomic E-state index is -0.453. The normalized spacial score (nSPS) is 22.5. The van der Waals surface area contributed by atoms with E-state index in [0.717, 1.165) is 18.8 Å². The average molecular weight is 339 g/mol. The van der Waals surface area contributed by atoms with E-state index in [0.29, 0.717) is 25.0 Å². The minimum Gasteiger partial charge on any atom is -0.491 e. The van der Waals surface area contributed by atoms with Gasteiger partial charge in [0.1, 0.15) is 18.5 Å². The summed E-state index contributed by atoms with van der Waals surface area (Å²) >= 11 is 0. The van der Waals surface area contributed by atoms with Crippen molar-refractivity contribution >= 4 is 0 Å². The summed E-state index contributed by atoms with van der Waals surface area (Å²) in [6.45, 7) is 7.76. The first-order valence-electron chi connectivity index (χ1n) is 9.29. The second-order valence-electron chi connectivity index (χ2n) is 7.52. The van der Waals surface area contributed by atoms with Gasteiger partial charge in [-0.3, -0.25) is 0 Å². The number of aliphatic hydroxyl groups excluding tert-OH is 1. The van der Waals surface area contributed by atoms with E-state index in [9.17, 15) is 5.11 Å². The molecule has 1 N–H and O–H groups in total. The van der Waals surface area contributed by atoms with Crippen molar-refractivity contribution in [1.82, 2.24) is 4.90 Å². The van der Waals surface area contributed by atoms with Crippen molar-refractivity contribution in [3.8, 4) is 16.9 Å². The topological polar surface area (TPSA) is 32.7 Å². The first-order valence-corrected chi connectivity index (χ1v) is 9.29. The molecule has 2 aromatic carbocycles. The molecule has 3 heteroatoms. The average Bonchev–Trinajstić information content (AvgIpc) is 2.60. The van der Waals surface area contributed by atoms with E-state index in [-0.39, 0.29) is 0 Å². The maximum atomic E-state index is 10.3. The van der Waals surface area contributed by atoms with E-state index in [1.165, 1.54) is 17.5 Å². The highest BCUT2D eigenvalue weighted by atomic mass is 16.5. The van der Waals surface area contributed by atoms with Crippen LogP contribution in [0.15, 0.2) is 54.6 Å². The van der Waals surface area contributed by atoms with Crippen molar-refractivity contribution in [2.75, 3.05) is 26.2 Å². The maximum Gasteiger partial charge on any atom is 0.119 e. The summed E-state index contributed by atoms with van der Waals surface area (Å²) in [6.07, 6.45) is 0.836. The Kier molecular flexibility index (Phi) is 6.11. The third kappa shape index (κ3) is 5.32. The fourth-order valence-electron chi connectivity index (χ4n) is 3.86. The molecule has 1 saturated heterocycles. The van der Waals surface area contributed by atoms with E-state index in [4.69, 9.17) is 4.74 Å². The highest BCUT2D eigenvalue weighted by molar-refractivity contribution is 5.63. The van der Waals surface area contributed by atoms with Gasteiger partial charge in [-0.15, -0.1) is 0 Å². The molecule has 1 aliphatic heterocycles. The lowest BCUT2D eigenvalue weighted by atomic mass is 9.92. The molecule has 25 heavy (non-hydrogen) atoms. The van der Waals surface area contributed by atoms with Crippen LogP contribution in [0.25, 0.3) is 11.1 Å². The van der Waals surface area contributed by atoms with Gasteiger partial charge in [-0.05, 0) is 41.5 Å². The molecular weight excluding hydrogens is 310 g/mol. The molecule has 0 amide bonds. The van der Waals surface area contributed by atoms with Crippen LogP contribution in [-0.2, 0) is 0 Å². The second kappa shape index (κ2) is 8.50. The van der Waals surface area contributed by atoms with Crippen molar-refractivity contribution in [2.24, 2.45) is 11.8 Å². The highest BCUT2D eigenvalue weighted by Crippen LogP contribution is 2.23. The number of nitrogens with zero attached hydrogens (tertiary/aromatic N) is 1. The molecule has 134 valence electrons. The molecule has 1 fully saturated rings. The SMILES string of the molecule is C[C@@H]1C[C@H](C)CN(C[C@@H](O)COc2ccc(-c3ccccc3)cc2)C1. The number of likely N-dealkylation sites (tertiary alicyclic amines) is 1. The summed E-state index contributed by atoms with van der Waals surface area (Å²) < 4.78 is 5.78. The third-order valence-electron chi connectivity index (χ3n) is 4.82. The van der Waals surface area contributed by atoms with Crippen LogP contribution in [0.5, 0.6) is 5.75 Å². The largest absolute Gasteiger partial charge is 0.491 e. The Hall–Kier alpha value is -1.84. The number of β-amino-alcohol motifs (C(OH)–C–C–N with tert-alkyl or cyclic N) is 1. The predicted octanol–water partition coefficient (Wildman–Crippen LogP) is 4.07. The number of hydrogen-bond donors (Lipinski definition) is 1. The van der Waals surface area contributed by atoms with Crippen LogP contribution >= 0.6 is 0 Å². The smallest absolute Gasteiger partial charge is 0.119 e. The van der Waals surface area contributed by atoms with Crippen LogP contribution in [0.3, 0.4) is 0 Å². The summed E-state index contributed by atoms with van der Waals surface area (Å²) in [5, 5.41) is 10.3. The zero-order chi connectivity index (χ0) is 17.6. The van der Waals surface area contributed by atoms with E-state index in [2.05, 4.69) is 43.0 Å². The Morgan fingerprint density at radius 1 is 0.960 bits per heavy atom. The van der Waals surface area contributed by atoms with E-state index in [1.807, 2.05) is 30.3 Å². The van der Waals surface area contributed by atoms with Crippen molar-refractivity contribution in [1.29, 1.82) is 0 Å². The fraction of sp³-hybridized carbons (Fsp3) is 0.455. The van der Waals surface area contributed by atoms with Crippen LogP contribution in [0.1, 0.15) is 20.3 Å². The van der Waals surface area contributed by atoms with Gasteiger partial charge in [0.2, 0.25) is 0 Å². The zero-order valence-corrected chi connectivity index (χ0v) is 15.3. The number of aliphatic hydroxyl groups is 1. The Morgan fingerprint density at radius 3 is 2.20 bits per heavy atom. The minimum absolute atomic E-state index is 0.337. The second-order valence-corrected chi connectivity index (χ2v) is 7.52. The molecule has 0 radical (unpaired) electrons. The number of benzene rings is 2. The zero-order valence-electron chi connectivity index (χ0n) is 15.3. The highest BCUT2D eigenvalue weighted by Gasteiger charge is 2.23. The van der Waals surface area contributed by atoms with Crippen molar-refractivity contribution in [3.05, 3.63) is 54.6 Å². The third-order valence-corrected chi connectivity index (χ3v) is 4.82. The van der Waals surface area contributed by atoms with Crippen molar-refractivity contribution in [2.45, 2.75) is 26.4 Å². The summed E-state index contributed by atoms with van der Waals surface area (Å²) in [4.78, 5) is 2.37. The van der Waals surface area contributed by atoms with Gasteiger partial charge >= 0.3 is 0 Å². The molecule has 1 aliphatic rings. The lowest BCUT2D eigenvalue weighted by Crippen LogP contribution is -2.43. The first-order chi connectivity index (χ1) is 12.1. The van der Waals surface area contributed by atoms with Crippen molar-refractivity contribution < 1.29 is 9.84 Å². The summed E-state index contributed by atoms with van der Waals surface area (Å²) in [5.74, 6) is 2.23. The van der Waals surface area contributed by atoms with Gasteiger partial charge in [0.15, 0.2) is 0 Å². The van der Waals surface area contributed by atoms with Gasteiger partial charge in [-0.1, -0.05) is 56.3 Å². The standard InChI is InChI=1S/C22H29NO2/c1-17-12-18(2)14-23(13-17)15-21(24)16-25-22-10-8-20(9-11-22)19-6-4-3-5-7-19/h3-11,17-18,21,24H,12-16H2,1-2H3/t17-,18+,21-/m1/s1. The number of piperidine rings is 1. The quantitative estimate of drug-likeness (QED) is 0.861. The molecule has 1 heterocycles. The van der Waals surface area contributed by atoms with Gasteiger partial charge < -0.3 is 14.7 Å². The molecule has 2 aromatic rings. The predicted molar refractivity (Wildman–Crippen MR) is 103 cm³/mol. The Balaban J connectivity index is 1.48. The van der Waals surface area contributed by atoms with Gasteiger partial charge in [0, 0.05) is 19.6 Å². The van der Waals surface area contributed by atoms with Gasteiger partial charge in [0.05, 0.1) is 0 Å². The molecule has 0 bridgehead atoms. The van der Waals surface area contributed by atoms with Crippen LogP contribution in [0.4, 0.5) is 0 Å². The van der Waals surface area contributed by atoms with Crippen LogP contribution in [0.2, 0.25) is 0 Å². The molecule has 0 aliphatic carbocycles. The van der Waals surface area contributed by atoms with E-state index in [1.54, 1.807) is 0 Å².